The summed E-state index contributed by atoms with van der Waals surface area (Å²) in [5.74, 6) is 0. The first kappa shape index (κ1) is 12.5. The summed E-state index contributed by atoms with van der Waals surface area (Å²) in [5, 5.41) is 0.971. The summed E-state index contributed by atoms with van der Waals surface area (Å²) in [7, 11) is 0. The topological polar surface area (TPSA) is 12.9 Å². The Morgan fingerprint density at radius 3 is 2.25 bits per heavy atom. The Bertz CT molecular complexity index is 547. The van der Waals surface area contributed by atoms with Crippen molar-refractivity contribution in [3.63, 3.8) is 0 Å². The SMILES string of the molecule is Clc1nc2ccccc2c(C(Cl)(Cl)Cl)c1Cl. The van der Waals surface area contributed by atoms with Gasteiger partial charge in [0.15, 0.2) is 0 Å². The summed E-state index contributed by atoms with van der Waals surface area (Å²) in [5.41, 5.74) is 0.994. The van der Waals surface area contributed by atoms with Crippen molar-refractivity contribution in [1.82, 2.24) is 4.98 Å². The fraction of sp³-hybridized carbons (Fsp3) is 0.100. The maximum Gasteiger partial charge on any atom is 0.218 e. The first-order valence-corrected chi connectivity index (χ1v) is 6.11. The lowest BCUT2D eigenvalue weighted by molar-refractivity contribution is 1.24. The Hall–Kier alpha value is 0.0800. The number of benzene rings is 1. The second-order valence-electron chi connectivity index (χ2n) is 3.11. The van der Waals surface area contributed by atoms with Crippen LogP contribution in [-0.2, 0) is 3.79 Å². The summed E-state index contributed by atoms with van der Waals surface area (Å²) < 4.78 is -1.64. The lowest BCUT2D eigenvalue weighted by atomic mass is 10.1. The fourth-order valence-corrected chi connectivity index (χ4v) is 2.64. The molecule has 0 aliphatic rings. The molecule has 84 valence electrons. The molecule has 0 N–H and O–H groups in total. The van der Waals surface area contributed by atoms with E-state index in [9.17, 15) is 0 Å². The Labute approximate surface area is 117 Å². The Balaban J connectivity index is 2.93. The number of pyridine rings is 1. The van der Waals surface area contributed by atoms with Gasteiger partial charge in [-0.25, -0.2) is 4.98 Å². The van der Waals surface area contributed by atoms with Crippen LogP contribution < -0.4 is 0 Å². The van der Waals surface area contributed by atoms with Crippen molar-refractivity contribution in [3.05, 3.63) is 40.0 Å². The molecule has 0 saturated heterocycles. The number of aromatic nitrogens is 1. The maximum absolute atomic E-state index is 6.01. The summed E-state index contributed by atoms with van der Waals surface area (Å²) in [6.45, 7) is 0. The van der Waals surface area contributed by atoms with Crippen LogP contribution in [0.15, 0.2) is 24.3 Å². The lowest BCUT2D eigenvalue weighted by Crippen LogP contribution is -2.04. The van der Waals surface area contributed by atoms with Crippen LogP contribution in [0.1, 0.15) is 5.56 Å². The molecule has 1 aromatic carbocycles. The summed E-state index contributed by atoms with van der Waals surface area (Å²) in [4.78, 5) is 4.11. The highest BCUT2D eigenvalue weighted by molar-refractivity contribution is 6.68. The molecule has 1 aromatic heterocycles. The van der Waals surface area contributed by atoms with Gasteiger partial charge in [0.1, 0.15) is 5.15 Å². The normalized spacial score (nSPS) is 12.1. The van der Waals surface area contributed by atoms with Gasteiger partial charge >= 0.3 is 0 Å². The zero-order valence-electron chi connectivity index (χ0n) is 7.65. The van der Waals surface area contributed by atoms with Crippen molar-refractivity contribution in [2.24, 2.45) is 0 Å². The smallest absolute Gasteiger partial charge is 0.218 e. The van der Waals surface area contributed by atoms with Crippen molar-refractivity contribution in [2.75, 3.05) is 0 Å². The van der Waals surface area contributed by atoms with Gasteiger partial charge in [0.2, 0.25) is 3.79 Å². The average molecular weight is 315 g/mol. The Kier molecular flexibility index (Phi) is 3.44. The van der Waals surface area contributed by atoms with Crippen LogP contribution in [0.5, 0.6) is 0 Å². The van der Waals surface area contributed by atoms with Crippen molar-refractivity contribution in [3.8, 4) is 0 Å². The molecule has 0 atom stereocenters. The van der Waals surface area contributed by atoms with Gasteiger partial charge in [0, 0.05) is 10.9 Å². The van der Waals surface area contributed by atoms with Crippen LogP contribution in [0.2, 0.25) is 10.2 Å². The molecule has 6 heteroatoms. The largest absolute Gasteiger partial charge is 0.234 e. The van der Waals surface area contributed by atoms with E-state index in [4.69, 9.17) is 58.0 Å². The summed E-state index contributed by atoms with van der Waals surface area (Å²) >= 11 is 29.5. The van der Waals surface area contributed by atoms with Crippen molar-refractivity contribution >= 4 is 68.9 Å². The predicted molar refractivity (Wildman–Crippen MR) is 71.0 cm³/mol. The molecule has 0 spiro atoms. The molecule has 0 bridgehead atoms. The van der Waals surface area contributed by atoms with E-state index in [2.05, 4.69) is 4.98 Å². The lowest BCUT2D eigenvalue weighted by Gasteiger charge is -2.16. The highest BCUT2D eigenvalue weighted by atomic mass is 35.6. The molecule has 2 rings (SSSR count). The van der Waals surface area contributed by atoms with E-state index < -0.39 is 3.79 Å². The van der Waals surface area contributed by atoms with Crippen molar-refractivity contribution in [1.29, 1.82) is 0 Å². The number of hydrogen-bond acceptors (Lipinski definition) is 1. The number of rotatable bonds is 0. The number of hydrogen-bond donors (Lipinski definition) is 0. The van der Waals surface area contributed by atoms with Gasteiger partial charge in [-0.3, -0.25) is 0 Å². The van der Waals surface area contributed by atoms with Crippen LogP contribution in [0.4, 0.5) is 0 Å². The van der Waals surface area contributed by atoms with Gasteiger partial charge in [0.25, 0.3) is 0 Å². The number of halogens is 5. The van der Waals surface area contributed by atoms with Crippen LogP contribution in [0.3, 0.4) is 0 Å². The van der Waals surface area contributed by atoms with E-state index in [-0.39, 0.29) is 10.2 Å². The minimum Gasteiger partial charge on any atom is -0.234 e. The number of para-hydroxylation sites is 1. The molecule has 0 amide bonds. The standard InChI is InChI=1S/C10H4Cl5N/c11-8-7(10(13,14)15)5-3-1-2-4-6(5)16-9(8)12/h1-4H. The van der Waals surface area contributed by atoms with Gasteiger partial charge in [-0.05, 0) is 6.07 Å². The number of fused-ring (bicyclic) bond motifs is 1. The fourth-order valence-electron chi connectivity index (χ4n) is 1.44. The maximum atomic E-state index is 6.01. The molecule has 16 heavy (non-hydrogen) atoms. The van der Waals surface area contributed by atoms with Crippen LogP contribution in [0.25, 0.3) is 10.9 Å². The van der Waals surface area contributed by atoms with E-state index in [1.807, 2.05) is 12.1 Å². The molecule has 0 radical (unpaired) electrons. The van der Waals surface area contributed by atoms with Gasteiger partial charge in [-0.15, -0.1) is 0 Å². The minimum atomic E-state index is -1.64. The third-order valence-corrected chi connectivity index (χ3v) is 3.38. The zero-order valence-corrected chi connectivity index (χ0v) is 11.4. The van der Waals surface area contributed by atoms with E-state index >= 15 is 0 Å². The molecule has 1 heterocycles. The zero-order chi connectivity index (χ0) is 11.9. The van der Waals surface area contributed by atoms with E-state index in [0.717, 1.165) is 0 Å². The monoisotopic (exact) mass is 313 g/mol. The van der Waals surface area contributed by atoms with Gasteiger partial charge in [-0.1, -0.05) is 76.2 Å². The second-order valence-corrected chi connectivity index (χ2v) is 6.12. The highest BCUT2D eigenvalue weighted by Gasteiger charge is 2.30. The second kappa shape index (κ2) is 4.40. The predicted octanol–water partition coefficient (Wildman–Crippen LogP) is 5.37. The van der Waals surface area contributed by atoms with E-state index in [1.54, 1.807) is 12.1 Å². The van der Waals surface area contributed by atoms with E-state index in [0.29, 0.717) is 16.5 Å². The molecular formula is C10H4Cl5N. The molecular weight excluding hydrogens is 311 g/mol. The number of nitrogens with zero attached hydrogens (tertiary/aromatic N) is 1. The average Bonchev–Trinajstić information content (AvgIpc) is 2.17. The Morgan fingerprint density at radius 1 is 1.00 bits per heavy atom. The van der Waals surface area contributed by atoms with Crippen LogP contribution in [0, 0.1) is 0 Å². The molecule has 1 nitrogen and oxygen atoms in total. The molecule has 0 aliphatic heterocycles. The molecule has 0 unspecified atom stereocenters. The molecule has 0 fully saturated rings. The van der Waals surface area contributed by atoms with E-state index in [1.165, 1.54) is 0 Å². The first-order valence-electron chi connectivity index (χ1n) is 4.22. The van der Waals surface area contributed by atoms with Crippen LogP contribution >= 0.6 is 58.0 Å². The number of alkyl halides is 3. The Morgan fingerprint density at radius 2 is 1.62 bits per heavy atom. The third-order valence-electron chi connectivity index (χ3n) is 2.08. The molecule has 0 aliphatic carbocycles. The quantitative estimate of drug-likeness (QED) is 0.470. The van der Waals surface area contributed by atoms with Crippen LogP contribution in [-0.4, -0.2) is 4.98 Å². The molecule has 0 saturated carbocycles. The van der Waals surface area contributed by atoms with Crippen molar-refractivity contribution < 1.29 is 0 Å². The summed E-state index contributed by atoms with van der Waals surface area (Å²) in [6, 6.07) is 7.19. The first-order chi connectivity index (χ1) is 7.41. The van der Waals surface area contributed by atoms with Gasteiger partial charge in [0.05, 0.1) is 10.5 Å². The molecule has 2 aromatic rings. The van der Waals surface area contributed by atoms with Crippen molar-refractivity contribution in [2.45, 2.75) is 3.79 Å². The van der Waals surface area contributed by atoms with Gasteiger partial charge < -0.3 is 0 Å². The van der Waals surface area contributed by atoms with Gasteiger partial charge in [-0.2, -0.15) is 0 Å². The third kappa shape index (κ3) is 2.20. The summed E-state index contributed by atoms with van der Waals surface area (Å²) in [6.07, 6.45) is 0. The minimum absolute atomic E-state index is 0.127. The highest BCUT2D eigenvalue weighted by Crippen LogP contribution is 2.46.